The molecule has 0 spiro atoms. The molecule has 0 aromatic rings. The van der Waals surface area contributed by atoms with Gasteiger partial charge in [-0.15, -0.1) is 0 Å². The highest BCUT2D eigenvalue weighted by Crippen LogP contribution is 1.96. The number of carbonyl (C=O) groups is 1. The summed E-state index contributed by atoms with van der Waals surface area (Å²) in [5, 5.41) is 2.49. The Morgan fingerprint density at radius 3 is 2.78 bits per heavy atom. The first-order chi connectivity index (χ1) is 4.22. The molecule has 0 aromatic carbocycles. The lowest BCUT2D eigenvalue weighted by Crippen LogP contribution is -2.26. The summed E-state index contributed by atoms with van der Waals surface area (Å²) in [6, 6.07) is -0.104. The van der Waals surface area contributed by atoms with Crippen LogP contribution in [0, 0.1) is 0 Å². The van der Waals surface area contributed by atoms with Crippen LogP contribution < -0.4 is 5.32 Å². The van der Waals surface area contributed by atoms with E-state index in [1.54, 1.807) is 6.92 Å². The van der Waals surface area contributed by atoms with Crippen LogP contribution in [0.4, 0.5) is 0 Å². The third-order valence-corrected chi connectivity index (χ3v) is 1.06. The molecule has 0 aliphatic carbocycles. The van der Waals surface area contributed by atoms with E-state index in [1.165, 1.54) is 7.11 Å². The minimum absolute atomic E-state index is 0.104. The van der Waals surface area contributed by atoms with Crippen molar-refractivity contribution in [2.45, 2.75) is 13.0 Å². The van der Waals surface area contributed by atoms with E-state index in [0.29, 0.717) is 12.2 Å². The van der Waals surface area contributed by atoms with Crippen LogP contribution in [0.2, 0.25) is 0 Å². The smallest absolute Gasteiger partial charge is 0.207 e. The van der Waals surface area contributed by atoms with Crippen LogP contribution in [0.3, 0.4) is 0 Å². The van der Waals surface area contributed by atoms with Crippen LogP contribution in [-0.4, -0.2) is 19.6 Å². The average Bonchev–Trinajstić information content (AvgIpc) is 1.87. The maximum atomic E-state index is 9.83. The summed E-state index contributed by atoms with van der Waals surface area (Å²) >= 11 is 0. The van der Waals surface area contributed by atoms with E-state index in [-0.39, 0.29) is 6.04 Å². The molecule has 0 bridgehead atoms. The Bertz CT molecular complexity index is 112. The van der Waals surface area contributed by atoms with Crippen LogP contribution >= 0.6 is 0 Å². The predicted molar refractivity (Wildman–Crippen MR) is 34.8 cm³/mol. The molecule has 9 heavy (non-hydrogen) atoms. The Balaban J connectivity index is 3.58. The molecule has 0 aliphatic rings. The van der Waals surface area contributed by atoms with Gasteiger partial charge in [-0.25, -0.2) is 0 Å². The highest BCUT2D eigenvalue weighted by molar-refractivity contribution is 5.47. The van der Waals surface area contributed by atoms with Gasteiger partial charge in [0.2, 0.25) is 6.41 Å². The number of methoxy groups -OCH3 is 1. The zero-order valence-corrected chi connectivity index (χ0v) is 5.68. The van der Waals surface area contributed by atoms with Gasteiger partial charge in [0.1, 0.15) is 5.76 Å². The van der Waals surface area contributed by atoms with Gasteiger partial charge in [0.05, 0.1) is 13.2 Å². The molecule has 0 radical (unpaired) electrons. The third kappa shape index (κ3) is 2.74. The van der Waals surface area contributed by atoms with Crippen LogP contribution in [0.15, 0.2) is 12.3 Å². The first-order valence-electron chi connectivity index (χ1n) is 2.65. The number of hydrogen-bond donors (Lipinski definition) is 1. The number of carbonyl (C=O) groups excluding carboxylic acids is 1. The Morgan fingerprint density at radius 2 is 2.44 bits per heavy atom. The molecule has 1 atom stereocenters. The molecule has 0 rings (SSSR count). The first-order valence-corrected chi connectivity index (χ1v) is 2.65. The standard InChI is InChI=1S/C6H11NO2/c1-5(7-4-8)6(2)9-3/h4-5H,2H2,1,3H3,(H,7,8)/t5-/m0/s1. The summed E-state index contributed by atoms with van der Waals surface area (Å²) in [4.78, 5) is 9.83. The van der Waals surface area contributed by atoms with Crippen molar-refractivity contribution in [1.82, 2.24) is 5.32 Å². The van der Waals surface area contributed by atoms with Crippen LogP contribution in [-0.2, 0) is 9.53 Å². The van der Waals surface area contributed by atoms with Crippen molar-refractivity contribution in [3.63, 3.8) is 0 Å². The second-order valence-electron chi connectivity index (χ2n) is 1.68. The second kappa shape index (κ2) is 3.95. The maximum Gasteiger partial charge on any atom is 0.207 e. The molecule has 0 fully saturated rings. The molecule has 0 saturated carbocycles. The van der Waals surface area contributed by atoms with Gasteiger partial charge in [-0.1, -0.05) is 6.58 Å². The Hall–Kier alpha value is -0.990. The zero-order valence-electron chi connectivity index (χ0n) is 5.68. The summed E-state index contributed by atoms with van der Waals surface area (Å²) in [6.45, 7) is 5.34. The lowest BCUT2D eigenvalue weighted by atomic mass is 10.3. The molecule has 0 aromatic heterocycles. The van der Waals surface area contributed by atoms with Gasteiger partial charge in [-0.2, -0.15) is 0 Å². The lowest BCUT2D eigenvalue weighted by molar-refractivity contribution is -0.110. The lowest BCUT2D eigenvalue weighted by Gasteiger charge is -2.10. The van der Waals surface area contributed by atoms with E-state index in [9.17, 15) is 4.79 Å². The summed E-state index contributed by atoms with van der Waals surface area (Å²) in [5.74, 6) is 0.558. The van der Waals surface area contributed by atoms with Crippen molar-refractivity contribution in [3.05, 3.63) is 12.3 Å². The molecule has 3 heteroatoms. The van der Waals surface area contributed by atoms with Gasteiger partial charge in [0.25, 0.3) is 0 Å². The van der Waals surface area contributed by atoms with Gasteiger partial charge in [-0.05, 0) is 6.92 Å². The number of ether oxygens (including phenoxy) is 1. The van der Waals surface area contributed by atoms with Crippen LogP contribution in [0.25, 0.3) is 0 Å². The van der Waals surface area contributed by atoms with Crippen LogP contribution in [0.1, 0.15) is 6.92 Å². The highest BCUT2D eigenvalue weighted by atomic mass is 16.5. The number of rotatable bonds is 4. The molecule has 0 unspecified atom stereocenters. The van der Waals surface area contributed by atoms with Gasteiger partial charge < -0.3 is 10.1 Å². The van der Waals surface area contributed by atoms with E-state index in [0.717, 1.165) is 0 Å². The fourth-order valence-electron chi connectivity index (χ4n) is 0.372. The van der Waals surface area contributed by atoms with Gasteiger partial charge in [-0.3, -0.25) is 4.79 Å². The Kier molecular flexibility index (Phi) is 3.51. The van der Waals surface area contributed by atoms with Crippen molar-refractivity contribution < 1.29 is 9.53 Å². The quantitative estimate of drug-likeness (QED) is 0.437. The topological polar surface area (TPSA) is 38.3 Å². The maximum absolute atomic E-state index is 9.83. The SMILES string of the molecule is C=C(OC)[C@H](C)NC=O. The zero-order chi connectivity index (χ0) is 7.28. The molecular formula is C6H11NO2. The van der Waals surface area contributed by atoms with Crippen molar-refractivity contribution in [2.75, 3.05) is 7.11 Å². The second-order valence-corrected chi connectivity index (χ2v) is 1.68. The molecule has 1 N–H and O–H groups in total. The van der Waals surface area contributed by atoms with Crippen molar-refractivity contribution in [1.29, 1.82) is 0 Å². The molecule has 1 amide bonds. The Labute approximate surface area is 54.7 Å². The minimum Gasteiger partial charge on any atom is -0.500 e. The van der Waals surface area contributed by atoms with E-state index < -0.39 is 0 Å². The minimum atomic E-state index is -0.104. The van der Waals surface area contributed by atoms with Gasteiger partial charge >= 0.3 is 0 Å². The summed E-state index contributed by atoms with van der Waals surface area (Å²) < 4.78 is 4.75. The van der Waals surface area contributed by atoms with Gasteiger partial charge in [0.15, 0.2) is 0 Å². The Morgan fingerprint density at radius 1 is 1.89 bits per heavy atom. The highest BCUT2D eigenvalue weighted by Gasteiger charge is 2.02. The monoisotopic (exact) mass is 129 g/mol. The fraction of sp³-hybridized carbons (Fsp3) is 0.500. The van der Waals surface area contributed by atoms with E-state index >= 15 is 0 Å². The number of hydrogen-bond acceptors (Lipinski definition) is 2. The predicted octanol–water partition coefficient (Wildman–Crippen LogP) is 0.281. The molecule has 0 heterocycles. The summed E-state index contributed by atoms with van der Waals surface area (Å²) in [6.07, 6.45) is 0.620. The third-order valence-electron chi connectivity index (χ3n) is 1.06. The molecule has 3 nitrogen and oxygen atoms in total. The summed E-state index contributed by atoms with van der Waals surface area (Å²) in [7, 11) is 1.52. The van der Waals surface area contributed by atoms with Gasteiger partial charge in [0, 0.05) is 0 Å². The molecular weight excluding hydrogens is 118 g/mol. The fourth-order valence-corrected chi connectivity index (χ4v) is 0.372. The average molecular weight is 129 g/mol. The molecule has 52 valence electrons. The number of amides is 1. The van der Waals surface area contributed by atoms with E-state index in [2.05, 4.69) is 11.9 Å². The largest absolute Gasteiger partial charge is 0.500 e. The number of nitrogens with one attached hydrogen (secondary N) is 1. The van der Waals surface area contributed by atoms with Crippen molar-refractivity contribution >= 4 is 6.41 Å². The normalized spacial score (nSPS) is 11.8. The van der Waals surface area contributed by atoms with E-state index in [1.807, 2.05) is 0 Å². The molecule has 0 aliphatic heterocycles. The van der Waals surface area contributed by atoms with Crippen molar-refractivity contribution in [2.24, 2.45) is 0 Å². The van der Waals surface area contributed by atoms with Crippen molar-refractivity contribution in [3.8, 4) is 0 Å². The van der Waals surface area contributed by atoms with E-state index in [4.69, 9.17) is 4.74 Å². The molecule has 0 saturated heterocycles. The first kappa shape index (κ1) is 8.01. The van der Waals surface area contributed by atoms with Crippen LogP contribution in [0.5, 0.6) is 0 Å². The summed E-state index contributed by atoms with van der Waals surface area (Å²) in [5.41, 5.74) is 0.